The summed E-state index contributed by atoms with van der Waals surface area (Å²) in [5.74, 6) is 0.504. The molecule has 0 amide bonds. The van der Waals surface area contributed by atoms with Gasteiger partial charge in [0, 0.05) is 10.6 Å². The number of rotatable bonds is 2. The lowest BCUT2D eigenvalue weighted by molar-refractivity contribution is 0.211. The van der Waals surface area contributed by atoms with Crippen LogP contribution in [0, 0.1) is 0 Å². The van der Waals surface area contributed by atoms with E-state index in [0.717, 1.165) is 11.0 Å². The van der Waals surface area contributed by atoms with Gasteiger partial charge in [-0.1, -0.05) is 41.9 Å². The van der Waals surface area contributed by atoms with E-state index in [1.54, 1.807) is 12.1 Å². The number of aliphatic hydroxyl groups is 1. The number of aromatic nitrogens is 2. The van der Waals surface area contributed by atoms with Crippen molar-refractivity contribution in [3.05, 3.63) is 64.9 Å². The fraction of sp³-hybridized carbons (Fsp3) is 0.0714. The van der Waals surface area contributed by atoms with Crippen LogP contribution in [0.5, 0.6) is 0 Å². The van der Waals surface area contributed by atoms with Gasteiger partial charge in [0.05, 0.1) is 11.0 Å². The fourth-order valence-electron chi connectivity index (χ4n) is 1.95. The van der Waals surface area contributed by atoms with Crippen molar-refractivity contribution in [1.82, 2.24) is 9.97 Å². The SMILES string of the molecule is O[C@H](c1nc2ccccc2[nH]1)c1ccccc1Cl. The first-order chi connectivity index (χ1) is 8.75. The highest BCUT2D eigenvalue weighted by atomic mass is 35.5. The number of imidazole rings is 1. The maximum absolute atomic E-state index is 10.3. The van der Waals surface area contributed by atoms with E-state index in [1.165, 1.54) is 0 Å². The van der Waals surface area contributed by atoms with Crippen molar-refractivity contribution in [3.63, 3.8) is 0 Å². The number of halogens is 1. The molecule has 0 saturated heterocycles. The topological polar surface area (TPSA) is 48.9 Å². The Kier molecular flexibility index (Phi) is 2.78. The number of hydrogen-bond acceptors (Lipinski definition) is 2. The summed E-state index contributed by atoms with van der Waals surface area (Å²) >= 11 is 6.07. The van der Waals surface area contributed by atoms with Gasteiger partial charge in [-0.05, 0) is 18.2 Å². The first-order valence-corrected chi connectivity index (χ1v) is 6.00. The molecule has 0 aliphatic rings. The lowest BCUT2D eigenvalue weighted by atomic mass is 10.1. The second kappa shape index (κ2) is 4.44. The molecule has 18 heavy (non-hydrogen) atoms. The van der Waals surface area contributed by atoms with Crippen molar-refractivity contribution in [2.45, 2.75) is 6.10 Å². The summed E-state index contributed by atoms with van der Waals surface area (Å²) in [6, 6.07) is 14.9. The molecule has 0 unspecified atom stereocenters. The van der Waals surface area contributed by atoms with Crippen LogP contribution in [0.15, 0.2) is 48.5 Å². The van der Waals surface area contributed by atoms with E-state index in [-0.39, 0.29) is 0 Å². The second-order valence-electron chi connectivity index (χ2n) is 4.06. The van der Waals surface area contributed by atoms with Crippen LogP contribution in [0.2, 0.25) is 5.02 Å². The molecule has 0 fully saturated rings. The number of hydrogen-bond donors (Lipinski definition) is 2. The Balaban J connectivity index is 2.07. The van der Waals surface area contributed by atoms with E-state index in [1.807, 2.05) is 36.4 Å². The highest BCUT2D eigenvalue weighted by Gasteiger charge is 2.17. The van der Waals surface area contributed by atoms with E-state index in [0.29, 0.717) is 16.4 Å². The molecular formula is C14H11ClN2O. The van der Waals surface area contributed by atoms with Crippen LogP contribution in [0.25, 0.3) is 11.0 Å². The lowest BCUT2D eigenvalue weighted by Gasteiger charge is -2.09. The summed E-state index contributed by atoms with van der Waals surface area (Å²) in [5.41, 5.74) is 2.38. The third-order valence-corrected chi connectivity index (χ3v) is 3.21. The van der Waals surface area contributed by atoms with Crippen molar-refractivity contribution in [2.24, 2.45) is 0 Å². The van der Waals surface area contributed by atoms with Crippen LogP contribution >= 0.6 is 11.6 Å². The molecule has 2 aromatic carbocycles. The molecule has 3 nitrogen and oxygen atoms in total. The molecule has 1 atom stereocenters. The van der Waals surface area contributed by atoms with Crippen molar-refractivity contribution < 1.29 is 5.11 Å². The van der Waals surface area contributed by atoms with Crippen LogP contribution in [0.1, 0.15) is 17.5 Å². The highest BCUT2D eigenvalue weighted by Crippen LogP contribution is 2.27. The van der Waals surface area contributed by atoms with E-state index >= 15 is 0 Å². The molecular weight excluding hydrogens is 248 g/mol. The number of benzene rings is 2. The Labute approximate surface area is 109 Å². The summed E-state index contributed by atoms with van der Waals surface area (Å²) in [6.07, 6.45) is -0.842. The minimum absolute atomic E-state index is 0.504. The predicted octanol–water partition coefficient (Wildman–Crippen LogP) is 3.30. The standard InChI is InChI=1S/C14H11ClN2O/c15-10-6-2-1-5-9(10)13(18)14-16-11-7-3-4-8-12(11)17-14/h1-8,13,18H,(H,16,17)/t13-/m0/s1. The predicted molar refractivity (Wildman–Crippen MR) is 71.6 cm³/mol. The van der Waals surface area contributed by atoms with Crippen molar-refractivity contribution in [3.8, 4) is 0 Å². The first kappa shape index (κ1) is 11.3. The van der Waals surface area contributed by atoms with Gasteiger partial charge in [-0.3, -0.25) is 0 Å². The Bertz CT molecular complexity index is 660. The van der Waals surface area contributed by atoms with Crippen molar-refractivity contribution in [2.75, 3.05) is 0 Å². The fourth-order valence-corrected chi connectivity index (χ4v) is 2.19. The Morgan fingerprint density at radius 1 is 1.06 bits per heavy atom. The maximum atomic E-state index is 10.3. The van der Waals surface area contributed by atoms with Gasteiger partial charge in [-0.2, -0.15) is 0 Å². The number of H-pyrrole nitrogens is 1. The number of nitrogens with zero attached hydrogens (tertiary/aromatic N) is 1. The molecule has 2 N–H and O–H groups in total. The van der Waals surface area contributed by atoms with Crippen molar-refractivity contribution >= 4 is 22.6 Å². The van der Waals surface area contributed by atoms with Crippen LogP contribution in [0.4, 0.5) is 0 Å². The maximum Gasteiger partial charge on any atom is 0.140 e. The smallest absolute Gasteiger partial charge is 0.140 e. The van der Waals surface area contributed by atoms with Gasteiger partial charge in [0.1, 0.15) is 11.9 Å². The number of nitrogens with one attached hydrogen (secondary N) is 1. The van der Waals surface area contributed by atoms with Gasteiger partial charge in [0.2, 0.25) is 0 Å². The lowest BCUT2D eigenvalue weighted by Crippen LogP contribution is -2.02. The zero-order valence-electron chi connectivity index (χ0n) is 9.47. The molecule has 1 heterocycles. The van der Waals surface area contributed by atoms with Gasteiger partial charge in [-0.25, -0.2) is 4.98 Å². The zero-order chi connectivity index (χ0) is 12.5. The third-order valence-electron chi connectivity index (χ3n) is 2.87. The number of fused-ring (bicyclic) bond motifs is 1. The third kappa shape index (κ3) is 1.88. The van der Waals surface area contributed by atoms with E-state index in [4.69, 9.17) is 11.6 Å². The Morgan fingerprint density at radius 3 is 2.56 bits per heavy atom. The second-order valence-corrected chi connectivity index (χ2v) is 4.47. The van der Waals surface area contributed by atoms with Gasteiger partial charge >= 0.3 is 0 Å². The Hall–Kier alpha value is -1.84. The minimum atomic E-state index is -0.842. The largest absolute Gasteiger partial charge is 0.380 e. The summed E-state index contributed by atoms with van der Waals surface area (Å²) < 4.78 is 0. The van der Waals surface area contributed by atoms with Gasteiger partial charge in [-0.15, -0.1) is 0 Å². The molecule has 90 valence electrons. The van der Waals surface area contributed by atoms with Gasteiger partial charge in [0.25, 0.3) is 0 Å². The van der Waals surface area contributed by atoms with Gasteiger partial charge in [0.15, 0.2) is 0 Å². The molecule has 0 bridgehead atoms. The van der Waals surface area contributed by atoms with Crippen LogP contribution in [0.3, 0.4) is 0 Å². The zero-order valence-corrected chi connectivity index (χ0v) is 10.2. The number of para-hydroxylation sites is 2. The molecule has 0 aliphatic carbocycles. The molecule has 0 aliphatic heterocycles. The minimum Gasteiger partial charge on any atom is -0.380 e. The van der Waals surface area contributed by atoms with E-state index in [2.05, 4.69) is 9.97 Å². The number of aliphatic hydroxyl groups excluding tert-OH is 1. The quantitative estimate of drug-likeness (QED) is 0.741. The summed E-state index contributed by atoms with van der Waals surface area (Å²) in [5, 5.41) is 10.8. The molecule has 4 heteroatoms. The molecule has 0 saturated carbocycles. The first-order valence-electron chi connectivity index (χ1n) is 5.63. The molecule has 1 aromatic heterocycles. The van der Waals surface area contributed by atoms with Crippen LogP contribution in [-0.2, 0) is 0 Å². The molecule has 3 aromatic rings. The molecule has 3 rings (SSSR count). The van der Waals surface area contributed by atoms with E-state index in [9.17, 15) is 5.11 Å². The van der Waals surface area contributed by atoms with E-state index < -0.39 is 6.10 Å². The molecule has 0 spiro atoms. The highest BCUT2D eigenvalue weighted by molar-refractivity contribution is 6.31. The number of aromatic amines is 1. The molecule has 0 radical (unpaired) electrons. The average Bonchev–Trinajstić information content (AvgIpc) is 2.82. The summed E-state index contributed by atoms with van der Waals surface area (Å²) in [6.45, 7) is 0. The van der Waals surface area contributed by atoms with Gasteiger partial charge < -0.3 is 10.1 Å². The summed E-state index contributed by atoms with van der Waals surface area (Å²) in [4.78, 5) is 7.47. The summed E-state index contributed by atoms with van der Waals surface area (Å²) in [7, 11) is 0. The Morgan fingerprint density at radius 2 is 1.78 bits per heavy atom. The van der Waals surface area contributed by atoms with Crippen LogP contribution in [-0.4, -0.2) is 15.1 Å². The van der Waals surface area contributed by atoms with Crippen molar-refractivity contribution in [1.29, 1.82) is 0 Å². The normalized spacial score (nSPS) is 12.8. The van der Waals surface area contributed by atoms with Crippen LogP contribution < -0.4 is 0 Å². The average molecular weight is 259 g/mol. The monoisotopic (exact) mass is 258 g/mol.